The Bertz CT molecular complexity index is 4180. The van der Waals surface area contributed by atoms with Gasteiger partial charge in [-0.15, -0.1) is 0 Å². The Morgan fingerprint density at radius 3 is 1.34 bits per heavy atom. The molecule has 1 aliphatic rings. The van der Waals surface area contributed by atoms with Gasteiger partial charge >= 0.3 is 0 Å². The summed E-state index contributed by atoms with van der Waals surface area (Å²) in [5.41, 5.74) is 32.5. The first-order valence-electron chi connectivity index (χ1n) is 40.1. The monoisotopic (exact) mass is 1780 g/mol. The van der Waals surface area contributed by atoms with E-state index in [2.05, 4.69) is 74.4 Å². The molecular formula is C78H121N21O27. The number of nitrogens with two attached hydrogens (primary N) is 6. The highest BCUT2D eigenvalue weighted by Gasteiger charge is 2.46. The van der Waals surface area contributed by atoms with E-state index in [0.29, 0.717) is 11.1 Å². The summed E-state index contributed by atoms with van der Waals surface area (Å²) in [4.78, 5) is 269. The van der Waals surface area contributed by atoms with Crippen LogP contribution in [0.25, 0.3) is 0 Å². The molecule has 2 aromatic rings. The van der Waals surface area contributed by atoms with Crippen molar-refractivity contribution < 1.29 is 131 Å². The number of hydrogen-bond donors (Lipinski definition) is 25. The first-order valence-corrected chi connectivity index (χ1v) is 40.1. The number of carbonyl (C=O) groups is 20. The molecular weight excluding hydrogens is 1660 g/mol. The van der Waals surface area contributed by atoms with E-state index in [1.54, 1.807) is 84.0 Å². The number of phenolic OH excluding ortho intramolecular Hbond substituents is 1. The third-order valence-electron chi connectivity index (χ3n) is 19.1. The Morgan fingerprint density at radius 1 is 0.437 bits per heavy atom. The maximum absolute atomic E-state index is 14.2. The van der Waals surface area contributed by atoms with Gasteiger partial charge in [0.1, 0.15) is 102 Å². The fourth-order valence-electron chi connectivity index (χ4n) is 12.2. The Hall–Kier alpha value is -12.6. The van der Waals surface area contributed by atoms with Crippen LogP contribution in [-0.2, 0) is 118 Å². The lowest BCUT2D eigenvalue weighted by atomic mass is 9.98. The summed E-state index contributed by atoms with van der Waals surface area (Å²) in [7, 11) is 1.27. The minimum absolute atomic E-state index is 0.00937. The third kappa shape index (κ3) is 37.4. The van der Waals surface area contributed by atoms with Crippen molar-refractivity contribution in [3.8, 4) is 5.75 Å². The highest BCUT2D eigenvalue weighted by molar-refractivity contribution is 6.03. The fraction of sp³-hybridized carbons (Fsp3) is 0.590. The predicted octanol–water partition coefficient (Wildman–Crippen LogP) is -11.6. The number of rotatable bonds is 53. The lowest BCUT2D eigenvalue weighted by molar-refractivity contribution is -0.301. The second-order valence-corrected chi connectivity index (χ2v) is 32.0. The van der Waals surface area contributed by atoms with E-state index in [0.717, 1.165) is 25.7 Å². The normalized spacial score (nSPS) is 17.8. The summed E-state index contributed by atoms with van der Waals surface area (Å²) < 4.78 is 10.9. The number of aliphatic hydroxyl groups excluding tert-OH is 4. The van der Waals surface area contributed by atoms with Gasteiger partial charge in [-0.2, -0.15) is 0 Å². The van der Waals surface area contributed by atoms with Crippen LogP contribution >= 0.6 is 0 Å². The van der Waals surface area contributed by atoms with Gasteiger partial charge in [-0.05, 0) is 94.4 Å². The van der Waals surface area contributed by atoms with Gasteiger partial charge in [-0.3, -0.25) is 95.9 Å². The second-order valence-electron chi connectivity index (χ2n) is 32.0. The number of aromatic hydroxyl groups is 1. The Kier molecular flexibility index (Phi) is 44.0. The van der Waals surface area contributed by atoms with E-state index in [-0.39, 0.29) is 43.8 Å². The van der Waals surface area contributed by atoms with Crippen LogP contribution in [0.15, 0.2) is 54.6 Å². The van der Waals surface area contributed by atoms with Gasteiger partial charge in [-0.1, -0.05) is 84.0 Å². The molecule has 31 N–H and O–H groups in total. The number of benzene rings is 2. The number of nitrogens with one attached hydrogen (secondary N) is 14. The molecule has 1 saturated heterocycles. The van der Waals surface area contributed by atoms with Crippen molar-refractivity contribution in [2.24, 2.45) is 52.2 Å². The molecule has 17 atom stereocenters. The Balaban J connectivity index is 1.73. The number of ether oxygens (including phenoxy) is 2. The first-order chi connectivity index (χ1) is 58.7. The van der Waals surface area contributed by atoms with Gasteiger partial charge in [0.05, 0.1) is 64.6 Å². The predicted molar refractivity (Wildman–Crippen MR) is 441 cm³/mol. The number of aliphatic hydroxyl groups is 4. The average molecular weight is 1780 g/mol. The van der Waals surface area contributed by atoms with Crippen LogP contribution in [0.2, 0.25) is 0 Å². The Labute approximate surface area is 724 Å². The molecule has 1 heterocycles. The van der Waals surface area contributed by atoms with Crippen LogP contribution < -0.4 is 109 Å². The number of primary amides is 5. The molecule has 3 rings (SSSR count). The van der Waals surface area contributed by atoms with Gasteiger partial charge in [0.15, 0.2) is 6.29 Å². The minimum atomic E-state index is -2.12. The van der Waals surface area contributed by atoms with E-state index in [1.807, 2.05) is 0 Å². The number of phenols is 1. The largest absolute Gasteiger partial charge is 0.508 e. The van der Waals surface area contributed by atoms with Crippen molar-refractivity contribution in [1.29, 1.82) is 0 Å². The van der Waals surface area contributed by atoms with Crippen molar-refractivity contribution in [1.82, 2.24) is 79.3 Å². The van der Waals surface area contributed by atoms with Crippen molar-refractivity contribution in [3.05, 3.63) is 65.7 Å². The molecule has 1 aliphatic heterocycles. The van der Waals surface area contributed by atoms with Crippen LogP contribution in [0.5, 0.6) is 5.75 Å². The summed E-state index contributed by atoms with van der Waals surface area (Å²) in [5, 5.41) is 82.9. The lowest BCUT2D eigenvalue weighted by Gasteiger charge is -2.40. The number of hydrogen-bond acceptors (Lipinski definition) is 28. The highest BCUT2D eigenvalue weighted by atomic mass is 16.7. The van der Waals surface area contributed by atoms with Gasteiger partial charge in [0.2, 0.25) is 118 Å². The average Bonchev–Trinajstić information content (AvgIpc) is 0.816. The number of nitrogens with zero attached hydrogens (tertiary/aromatic N) is 1. The van der Waals surface area contributed by atoms with Crippen molar-refractivity contribution in [3.63, 3.8) is 0 Å². The quantitative estimate of drug-likeness (QED) is 0.0292. The third-order valence-corrected chi connectivity index (χ3v) is 19.1. The highest BCUT2D eigenvalue weighted by Crippen LogP contribution is 2.23. The molecule has 0 unspecified atom stereocenters. The second kappa shape index (κ2) is 51.6. The van der Waals surface area contributed by atoms with Crippen molar-refractivity contribution in [2.45, 2.75) is 236 Å². The van der Waals surface area contributed by atoms with Crippen LogP contribution in [0.3, 0.4) is 0 Å². The Morgan fingerprint density at radius 2 is 0.841 bits per heavy atom. The van der Waals surface area contributed by atoms with E-state index in [1.165, 1.54) is 26.1 Å². The topological polar surface area (TPSA) is 789 Å². The van der Waals surface area contributed by atoms with Crippen LogP contribution in [0, 0.1) is 17.8 Å². The van der Waals surface area contributed by atoms with E-state index in [9.17, 15) is 121 Å². The molecule has 0 bridgehead atoms. The summed E-state index contributed by atoms with van der Waals surface area (Å²) in [6.07, 6.45) is -13.5. The smallest absolute Gasteiger partial charge is 0.245 e. The number of carbonyl (C=O) groups excluding carboxylic acids is 20. The van der Waals surface area contributed by atoms with Crippen molar-refractivity contribution in [2.75, 3.05) is 39.9 Å². The molecule has 126 heavy (non-hydrogen) atoms. The molecule has 0 radical (unpaired) electrons. The lowest BCUT2D eigenvalue weighted by Crippen LogP contribution is -2.63. The molecule has 0 saturated carbocycles. The van der Waals surface area contributed by atoms with Crippen LogP contribution in [-0.4, -0.2) is 297 Å². The van der Waals surface area contributed by atoms with Crippen LogP contribution in [0.1, 0.15) is 125 Å². The van der Waals surface area contributed by atoms with E-state index >= 15 is 0 Å². The fourth-order valence-corrected chi connectivity index (χ4v) is 12.2. The summed E-state index contributed by atoms with van der Waals surface area (Å²) in [6, 6.07) is -5.24. The molecule has 48 heteroatoms. The zero-order valence-electron chi connectivity index (χ0n) is 71.8. The molecule has 0 aromatic heterocycles. The van der Waals surface area contributed by atoms with Gasteiger partial charge in [0, 0.05) is 13.5 Å². The standard InChI is InChI=1S/C78H121N21O27/c1-35(2)21-44(64(84)112)91-73(121)51(34-125-76-63(111)62(110)61(109)53(33-100)126-76)96-71(119)49(28-56(82)104)95-69(117)45(22-36(3)4)92-66(114)39(8)89-68(116)48(27-55(81)103)94-72(120)50(29-57(83)105)97-77(124)78(9,10)98-74(122)46(23-37(5)6)93-70(118)47(26-54(80)102)90-59(107)31-85-58(106)30-86-75(123)52(25-40-15-13-12-14-16-40)99(11)60(108)32-87-65(113)38(7)88-67(115)43(79)24-41-17-19-42(101)20-18-41/h12-20,35-39,43-53,61-63,76,100-101,109-111H,21-34,79H2,1-11H3,(H2,80,102)(H2,81,103)(H2,82,104)(H2,83,105)(H2,84,112)(H,85,106)(H,86,123)(H,87,113)(H,88,115)(H,89,116)(H,90,107)(H,91,121)(H,92,114)(H,93,118)(H,94,120)(H,95,117)(H,96,119)(H,97,124)(H,98,122)/t38-,39+,43+,44+,45+,46+,47+,48+,49+,50+,51+,52+,53-,61-,62+,63-,76-/m1/s1. The van der Waals surface area contributed by atoms with Crippen molar-refractivity contribution >= 4 is 118 Å². The molecule has 700 valence electrons. The van der Waals surface area contributed by atoms with Crippen LogP contribution in [0.4, 0.5) is 0 Å². The SMILES string of the molecule is CC(C)C[C@H](NC(=O)[C@H](CO[C@@H]1O[C@H](CO)[C@@H](O)[C@H](O)[C@H]1O)NC(=O)[C@H](CC(N)=O)NC(=O)[C@H](CC(C)C)NC(=O)[C@H](C)NC(=O)[C@H](CC(N)=O)NC(=O)[C@H](CC(N)=O)NC(=O)C(C)(C)NC(=O)[C@H](CC(C)C)NC(=O)[C@H](CC(N)=O)NC(=O)CNC(=O)CNC(=O)[C@H](Cc1ccccc1)N(C)C(=O)CNC(=O)[C@@H](C)NC(=O)[C@@H](N)Cc1ccc(O)cc1)C(N)=O. The van der Waals surface area contributed by atoms with Gasteiger partial charge in [0.25, 0.3) is 0 Å². The molecule has 0 spiro atoms. The van der Waals surface area contributed by atoms with E-state index in [4.69, 9.17) is 43.9 Å². The molecule has 1 fully saturated rings. The molecule has 48 nitrogen and oxygen atoms in total. The van der Waals surface area contributed by atoms with Gasteiger partial charge < -0.3 is 149 Å². The zero-order valence-corrected chi connectivity index (χ0v) is 71.8. The molecule has 2 aromatic carbocycles. The maximum Gasteiger partial charge on any atom is 0.245 e. The molecule has 0 aliphatic carbocycles. The number of likely N-dealkylation sites (N-methyl/N-ethyl adjacent to an activating group) is 1. The number of amides is 20. The summed E-state index contributed by atoms with van der Waals surface area (Å²) in [5.74, 6) is -23.1. The van der Waals surface area contributed by atoms with Gasteiger partial charge in [-0.25, -0.2) is 0 Å². The minimum Gasteiger partial charge on any atom is -0.508 e. The summed E-state index contributed by atoms with van der Waals surface area (Å²) in [6.45, 7) is 10.3. The summed E-state index contributed by atoms with van der Waals surface area (Å²) >= 11 is 0. The molecule has 20 amide bonds. The zero-order chi connectivity index (χ0) is 95.5. The first kappa shape index (κ1) is 108. The van der Waals surface area contributed by atoms with E-state index < -0.39 is 297 Å². The maximum atomic E-state index is 14.2.